The predicted octanol–water partition coefficient (Wildman–Crippen LogP) is 1.95. The Morgan fingerprint density at radius 2 is 2.04 bits per heavy atom. The van der Waals surface area contributed by atoms with Gasteiger partial charge in [0.25, 0.3) is 0 Å². The summed E-state index contributed by atoms with van der Waals surface area (Å²) in [5.41, 5.74) is -0.763. The molecule has 1 aromatic carbocycles. The number of alkyl carbamates (subject to hydrolysis) is 1. The molecule has 7 nitrogen and oxygen atoms in total. The number of carbonyl (C=O) groups excluding carboxylic acids is 1. The number of pyridine rings is 1. The first-order valence-corrected chi connectivity index (χ1v) is 6.40. The number of aromatic nitrogens is 1. The minimum absolute atomic E-state index is 0.00873. The first kappa shape index (κ1) is 16.4. The molecule has 9 heteroatoms. The average molecular weight is 326 g/mol. The number of ether oxygens (including phenoxy) is 2. The van der Waals surface area contributed by atoms with Crippen molar-refractivity contribution in [3.05, 3.63) is 35.5 Å². The van der Waals surface area contributed by atoms with E-state index in [9.17, 15) is 18.4 Å². The van der Waals surface area contributed by atoms with Crippen LogP contribution in [-0.2, 0) is 4.74 Å². The van der Waals surface area contributed by atoms with E-state index in [1.54, 1.807) is 0 Å². The van der Waals surface area contributed by atoms with E-state index in [0.29, 0.717) is 6.07 Å². The summed E-state index contributed by atoms with van der Waals surface area (Å²) < 4.78 is 36.8. The van der Waals surface area contributed by atoms with Crippen molar-refractivity contribution in [3.63, 3.8) is 0 Å². The Bertz CT molecular complexity index is 766. The minimum atomic E-state index is -1.38. The zero-order valence-electron chi connectivity index (χ0n) is 11.9. The number of nitrogens with zero attached hydrogens (tertiary/aromatic N) is 1. The third kappa shape index (κ3) is 3.82. The molecule has 2 aromatic rings. The first-order valence-electron chi connectivity index (χ1n) is 6.40. The van der Waals surface area contributed by atoms with Crippen molar-refractivity contribution in [1.82, 2.24) is 10.3 Å². The summed E-state index contributed by atoms with van der Waals surface area (Å²) in [4.78, 5) is 25.6. The van der Waals surface area contributed by atoms with Crippen molar-refractivity contribution < 1.29 is 33.0 Å². The summed E-state index contributed by atoms with van der Waals surface area (Å²) in [7, 11) is 1.19. The van der Waals surface area contributed by atoms with Gasteiger partial charge in [0.05, 0.1) is 13.7 Å². The van der Waals surface area contributed by atoms with Crippen molar-refractivity contribution in [2.45, 2.75) is 0 Å². The van der Waals surface area contributed by atoms with Crippen LogP contribution in [0.5, 0.6) is 5.75 Å². The number of amides is 1. The van der Waals surface area contributed by atoms with Gasteiger partial charge in [-0.3, -0.25) is 0 Å². The molecule has 2 rings (SSSR count). The van der Waals surface area contributed by atoms with Crippen LogP contribution in [0.15, 0.2) is 18.2 Å². The highest BCUT2D eigenvalue weighted by Gasteiger charge is 2.16. The number of hydrogen-bond acceptors (Lipinski definition) is 5. The van der Waals surface area contributed by atoms with Crippen LogP contribution >= 0.6 is 0 Å². The zero-order chi connectivity index (χ0) is 17.0. The molecule has 0 atom stereocenters. The number of carboxylic acids is 1. The van der Waals surface area contributed by atoms with Gasteiger partial charge in [0.1, 0.15) is 23.7 Å². The maximum Gasteiger partial charge on any atom is 0.406 e. The van der Waals surface area contributed by atoms with Gasteiger partial charge in [-0.25, -0.2) is 23.4 Å². The second-order valence-electron chi connectivity index (χ2n) is 4.36. The van der Waals surface area contributed by atoms with E-state index in [0.717, 1.165) is 12.1 Å². The average Bonchev–Trinajstić information content (AvgIpc) is 2.51. The Hall–Kier alpha value is -2.97. The number of carbonyl (C=O) groups is 2. The molecule has 1 aromatic heterocycles. The molecule has 0 saturated carbocycles. The Morgan fingerprint density at radius 3 is 2.70 bits per heavy atom. The fourth-order valence-electron chi connectivity index (χ4n) is 1.84. The van der Waals surface area contributed by atoms with E-state index < -0.39 is 29.4 Å². The van der Waals surface area contributed by atoms with Crippen molar-refractivity contribution in [3.8, 4) is 5.75 Å². The summed E-state index contributed by atoms with van der Waals surface area (Å²) in [5, 5.41) is 11.3. The van der Waals surface area contributed by atoms with Crippen molar-refractivity contribution in [2.75, 3.05) is 20.3 Å². The molecule has 0 unspecified atom stereocenters. The molecule has 0 bridgehead atoms. The van der Waals surface area contributed by atoms with Gasteiger partial charge in [0.2, 0.25) is 0 Å². The van der Waals surface area contributed by atoms with E-state index in [2.05, 4.69) is 15.0 Å². The molecule has 122 valence electrons. The van der Waals surface area contributed by atoms with Gasteiger partial charge < -0.3 is 19.9 Å². The van der Waals surface area contributed by atoms with Gasteiger partial charge in [0.15, 0.2) is 11.5 Å². The second-order valence-corrected chi connectivity index (χ2v) is 4.36. The number of aromatic carboxylic acids is 1. The molecule has 0 saturated heterocycles. The molecular weight excluding hydrogens is 314 g/mol. The maximum absolute atomic E-state index is 13.8. The molecule has 0 fully saturated rings. The summed E-state index contributed by atoms with van der Waals surface area (Å²) in [6, 6.07) is 2.64. The van der Waals surface area contributed by atoms with Crippen LogP contribution in [0.1, 0.15) is 10.5 Å². The molecule has 0 spiro atoms. The van der Waals surface area contributed by atoms with E-state index >= 15 is 0 Å². The summed E-state index contributed by atoms with van der Waals surface area (Å²) >= 11 is 0. The molecular formula is C14H12F2N2O5. The normalized spacial score (nSPS) is 10.4. The zero-order valence-corrected chi connectivity index (χ0v) is 11.9. The van der Waals surface area contributed by atoms with Crippen LogP contribution in [0.2, 0.25) is 0 Å². The number of nitrogens with one attached hydrogen (secondary N) is 1. The second kappa shape index (κ2) is 6.86. The van der Waals surface area contributed by atoms with Crippen molar-refractivity contribution in [1.29, 1.82) is 0 Å². The Kier molecular flexibility index (Phi) is 4.89. The minimum Gasteiger partial charge on any atom is -0.491 e. The fraction of sp³-hybridized carbons (Fsp3) is 0.214. The first-order chi connectivity index (χ1) is 10.9. The third-order valence-corrected chi connectivity index (χ3v) is 2.83. The Morgan fingerprint density at radius 1 is 1.30 bits per heavy atom. The van der Waals surface area contributed by atoms with Crippen LogP contribution in [0, 0.1) is 11.6 Å². The standard InChI is InChI=1S/C14H12F2N2O5/c1-22-14(21)17-2-3-23-11-6-10(13(19)20)18-12-8(11)4-7(15)5-9(12)16/h4-6H,2-3H2,1H3,(H,17,21)(H,19,20). The largest absolute Gasteiger partial charge is 0.491 e. The predicted molar refractivity (Wildman–Crippen MR) is 74.5 cm³/mol. The lowest BCUT2D eigenvalue weighted by atomic mass is 10.1. The summed E-state index contributed by atoms with van der Waals surface area (Å²) in [5.74, 6) is -3.29. The third-order valence-electron chi connectivity index (χ3n) is 2.83. The van der Waals surface area contributed by atoms with Crippen LogP contribution in [0.3, 0.4) is 0 Å². The number of carboxylic acid groups (broad SMARTS) is 1. The quantitative estimate of drug-likeness (QED) is 0.815. The molecule has 0 aliphatic heterocycles. The number of fused-ring (bicyclic) bond motifs is 1. The monoisotopic (exact) mass is 326 g/mol. The smallest absolute Gasteiger partial charge is 0.406 e. The van der Waals surface area contributed by atoms with Crippen molar-refractivity contribution >= 4 is 23.0 Å². The van der Waals surface area contributed by atoms with Gasteiger partial charge in [-0.15, -0.1) is 0 Å². The number of hydrogen-bond donors (Lipinski definition) is 2. The lowest BCUT2D eigenvalue weighted by Crippen LogP contribution is -2.27. The topological polar surface area (TPSA) is 97.8 Å². The van der Waals surface area contributed by atoms with Gasteiger partial charge in [-0.2, -0.15) is 0 Å². The molecule has 2 N–H and O–H groups in total. The molecule has 0 aliphatic carbocycles. The van der Waals surface area contributed by atoms with Gasteiger partial charge in [0, 0.05) is 17.5 Å². The Labute approximate surface area is 128 Å². The van der Waals surface area contributed by atoms with E-state index in [1.807, 2.05) is 0 Å². The number of rotatable bonds is 5. The summed E-state index contributed by atoms with van der Waals surface area (Å²) in [6.07, 6.45) is -0.670. The molecule has 1 amide bonds. The van der Waals surface area contributed by atoms with E-state index in [4.69, 9.17) is 9.84 Å². The van der Waals surface area contributed by atoms with Crippen molar-refractivity contribution in [2.24, 2.45) is 0 Å². The van der Waals surface area contributed by atoms with E-state index in [1.165, 1.54) is 7.11 Å². The maximum atomic E-state index is 13.8. The lowest BCUT2D eigenvalue weighted by molar-refractivity contribution is 0.0690. The molecule has 23 heavy (non-hydrogen) atoms. The summed E-state index contributed by atoms with van der Waals surface area (Å²) in [6.45, 7) is -0.0118. The number of methoxy groups -OCH3 is 1. The molecule has 1 heterocycles. The van der Waals surface area contributed by atoms with Gasteiger partial charge in [-0.05, 0) is 6.07 Å². The highest BCUT2D eigenvalue weighted by atomic mass is 19.1. The van der Waals surface area contributed by atoms with E-state index in [-0.39, 0.29) is 29.8 Å². The SMILES string of the molecule is COC(=O)NCCOc1cc(C(=O)O)nc2c(F)cc(F)cc12. The molecule has 0 aliphatic rings. The highest BCUT2D eigenvalue weighted by molar-refractivity contribution is 5.93. The number of halogens is 2. The van der Waals surface area contributed by atoms with Gasteiger partial charge in [-0.1, -0.05) is 0 Å². The lowest BCUT2D eigenvalue weighted by Gasteiger charge is -2.11. The highest BCUT2D eigenvalue weighted by Crippen LogP contribution is 2.28. The Balaban J connectivity index is 2.32. The van der Waals surface area contributed by atoms with Crippen LogP contribution < -0.4 is 10.1 Å². The fourth-order valence-corrected chi connectivity index (χ4v) is 1.84. The van der Waals surface area contributed by atoms with Gasteiger partial charge >= 0.3 is 12.1 Å². The number of benzene rings is 1. The van der Waals surface area contributed by atoms with Crippen LogP contribution in [0.4, 0.5) is 13.6 Å². The molecule has 0 radical (unpaired) electrons. The van der Waals surface area contributed by atoms with Crippen LogP contribution in [0.25, 0.3) is 10.9 Å². The van der Waals surface area contributed by atoms with Crippen LogP contribution in [-0.4, -0.2) is 42.4 Å².